The van der Waals surface area contributed by atoms with E-state index in [1.54, 1.807) is 6.21 Å². The van der Waals surface area contributed by atoms with Crippen LogP contribution in [-0.4, -0.2) is 18.6 Å². The summed E-state index contributed by atoms with van der Waals surface area (Å²) in [5.74, 6) is 0.0522. The van der Waals surface area contributed by atoms with E-state index in [0.717, 1.165) is 17.5 Å². The highest BCUT2D eigenvalue weighted by Gasteiger charge is 2.02. The Hall–Kier alpha value is -1.35. The Morgan fingerprint density at radius 2 is 2.33 bits per heavy atom. The molecule has 0 atom stereocenters. The van der Waals surface area contributed by atoms with E-state index in [2.05, 4.69) is 11.9 Å². The summed E-state index contributed by atoms with van der Waals surface area (Å²) in [5, 5.41) is 7.73. The monoisotopic (exact) mass is 223 g/mol. The van der Waals surface area contributed by atoms with Crippen LogP contribution in [0.1, 0.15) is 18.1 Å². The van der Waals surface area contributed by atoms with Crippen LogP contribution in [0.3, 0.4) is 0 Å². The molecule has 0 aromatic heterocycles. The standard InChI is InChI=1S/C11H14ClN3/c1-2-8-4-3-5-10(12)9(8)6-15-7-11(13)14/h3-6H,2,7H2,1H3,(H3,13,14). The quantitative estimate of drug-likeness (QED) is 0.597. The number of halogens is 1. The fourth-order valence-electron chi connectivity index (χ4n) is 1.27. The predicted molar refractivity (Wildman–Crippen MR) is 65.2 cm³/mol. The van der Waals surface area contributed by atoms with Gasteiger partial charge in [0.05, 0.1) is 6.54 Å². The molecule has 3 N–H and O–H groups in total. The van der Waals surface area contributed by atoms with E-state index >= 15 is 0 Å². The smallest absolute Gasteiger partial charge is 0.113 e. The van der Waals surface area contributed by atoms with Crippen molar-refractivity contribution in [2.24, 2.45) is 10.7 Å². The number of aliphatic imine (C=N–C) groups is 1. The number of rotatable bonds is 4. The molecule has 0 radical (unpaired) electrons. The van der Waals surface area contributed by atoms with E-state index in [-0.39, 0.29) is 12.4 Å². The van der Waals surface area contributed by atoms with Crippen molar-refractivity contribution in [2.45, 2.75) is 13.3 Å². The van der Waals surface area contributed by atoms with Crippen LogP contribution in [0, 0.1) is 5.41 Å². The zero-order chi connectivity index (χ0) is 11.3. The Kier molecular flexibility index (Phi) is 4.31. The van der Waals surface area contributed by atoms with Crippen LogP contribution in [0.15, 0.2) is 23.2 Å². The third kappa shape index (κ3) is 3.36. The van der Waals surface area contributed by atoms with Gasteiger partial charge in [-0.15, -0.1) is 0 Å². The first-order chi connectivity index (χ1) is 7.15. The molecule has 80 valence electrons. The Morgan fingerprint density at radius 1 is 1.60 bits per heavy atom. The molecule has 0 aliphatic heterocycles. The minimum Gasteiger partial charge on any atom is -0.386 e. The number of nitrogens with one attached hydrogen (secondary N) is 1. The summed E-state index contributed by atoms with van der Waals surface area (Å²) in [5.41, 5.74) is 7.27. The Labute approximate surface area is 94.5 Å². The fraction of sp³-hybridized carbons (Fsp3) is 0.273. The van der Waals surface area contributed by atoms with Crippen molar-refractivity contribution in [3.05, 3.63) is 34.3 Å². The lowest BCUT2D eigenvalue weighted by Crippen LogP contribution is -2.13. The molecule has 0 aliphatic carbocycles. The van der Waals surface area contributed by atoms with Gasteiger partial charge < -0.3 is 5.73 Å². The van der Waals surface area contributed by atoms with Gasteiger partial charge in [-0.25, -0.2) is 0 Å². The molecule has 15 heavy (non-hydrogen) atoms. The molecule has 0 saturated heterocycles. The SMILES string of the molecule is CCc1cccc(Cl)c1C=NCC(=N)N. The maximum Gasteiger partial charge on any atom is 0.113 e. The zero-order valence-electron chi connectivity index (χ0n) is 8.63. The van der Waals surface area contributed by atoms with Crippen LogP contribution in [-0.2, 0) is 6.42 Å². The number of benzene rings is 1. The first kappa shape index (κ1) is 11.7. The van der Waals surface area contributed by atoms with Crippen LogP contribution < -0.4 is 5.73 Å². The van der Waals surface area contributed by atoms with Gasteiger partial charge in [0.25, 0.3) is 0 Å². The average molecular weight is 224 g/mol. The second-order valence-corrected chi connectivity index (χ2v) is 3.57. The number of hydrogen-bond acceptors (Lipinski definition) is 2. The van der Waals surface area contributed by atoms with E-state index in [4.69, 9.17) is 22.7 Å². The lowest BCUT2D eigenvalue weighted by Gasteiger charge is -2.04. The Morgan fingerprint density at radius 3 is 2.93 bits per heavy atom. The van der Waals surface area contributed by atoms with Gasteiger partial charge >= 0.3 is 0 Å². The third-order valence-corrected chi connectivity index (χ3v) is 2.34. The summed E-state index contributed by atoms with van der Waals surface area (Å²) in [6.07, 6.45) is 2.59. The molecule has 0 amide bonds. The maximum absolute atomic E-state index is 7.04. The molecule has 4 heteroatoms. The largest absolute Gasteiger partial charge is 0.386 e. The van der Waals surface area contributed by atoms with Gasteiger partial charge in [-0.1, -0.05) is 30.7 Å². The summed E-state index contributed by atoms with van der Waals surface area (Å²) >= 11 is 6.05. The minimum atomic E-state index is 0.0522. The van der Waals surface area contributed by atoms with Gasteiger partial charge in [-0.3, -0.25) is 10.4 Å². The molecular formula is C11H14ClN3. The van der Waals surface area contributed by atoms with Gasteiger partial charge in [0.15, 0.2) is 0 Å². The van der Waals surface area contributed by atoms with E-state index in [0.29, 0.717) is 5.02 Å². The predicted octanol–water partition coefficient (Wildman–Crippen LogP) is 2.26. The van der Waals surface area contributed by atoms with Crippen LogP contribution >= 0.6 is 11.6 Å². The summed E-state index contributed by atoms with van der Waals surface area (Å²) in [4.78, 5) is 4.05. The zero-order valence-corrected chi connectivity index (χ0v) is 9.38. The van der Waals surface area contributed by atoms with Gasteiger partial charge in [-0.05, 0) is 18.1 Å². The lowest BCUT2D eigenvalue weighted by atomic mass is 10.1. The van der Waals surface area contributed by atoms with Crippen LogP contribution in [0.4, 0.5) is 0 Å². The number of aryl methyl sites for hydroxylation is 1. The molecule has 0 bridgehead atoms. The third-order valence-electron chi connectivity index (χ3n) is 2.01. The Balaban J connectivity index is 2.92. The van der Waals surface area contributed by atoms with Crippen molar-refractivity contribution in [3.8, 4) is 0 Å². The van der Waals surface area contributed by atoms with Gasteiger partial charge in [0, 0.05) is 16.8 Å². The van der Waals surface area contributed by atoms with Crippen molar-refractivity contribution in [1.29, 1.82) is 5.41 Å². The molecule has 1 rings (SSSR count). The van der Waals surface area contributed by atoms with E-state index in [1.807, 2.05) is 18.2 Å². The van der Waals surface area contributed by atoms with Crippen molar-refractivity contribution < 1.29 is 0 Å². The number of amidine groups is 1. The van der Waals surface area contributed by atoms with Crippen LogP contribution in [0.5, 0.6) is 0 Å². The van der Waals surface area contributed by atoms with Crippen molar-refractivity contribution in [1.82, 2.24) is 0 Å². The summed E-state index contributed by atoms with van der Waals surface area (Å²) in [7, 11) is 0. The van der Waals surface area contributed by atoms with E-state index in [9.17, 15) is 0 Å². The molecule has 0 spiro atoms. The highest BCUT2D eigenvalue weighted by molar-refractivity contribution is 6.33. The topological polar surface area (TPSA) is 62.2 Å². The molecule has 1 aromatic carbocycles. The van der Waals surface area contributed by atoms with E-state index in [1.165, 1.54) is 0 Å². The summed E-state index contributed by atoms with van der Waals surface area (Å²) in [6, 6.07) is 5.76. The highest BCUT2D eigenvalue weighted by Crippen LogP contribution is 2.18. The molecule has 1 aromatic rings. The van der Waals surface area contributed by atoms with E-state index < -0.39 is 0 Å². The molecule has 0 unspecified atom stereocenters. The normalized spacial score (nSPS) is 10.8. The van der Waals surface area contributed by atoms with Gasteiger partial charge in [0.1, 0.15) is 5.84 Å². The molecular weight excluding hydrogens is 210 g/mol. The Bertz CT molecular complexity index is 385. The number of nitrogens with zero attached hydrogens (tertiary/aromatic N) is 1. The second-order valence-electron chi connectivity index (χ2n) is 3.16. The molecule has 0 heterocycles. The van der Waals surface area contributed by atoms with Crippen molar-refractivity contribution in [2.75, 3.05) is 6.54 Å². The fourth-order valence-corrected chi connectivity index (χ4v) is 1.51. The minimum absolute atomic E-state index is 0.0522. The van der Waals surface area contributed by atoms with Crippen molar-refractivity contribution in [3.63, 3.8) is 0 Å². The maximum atomic E-state index is 7.04. The summed E-state index contributed by atoms with van der Waals surface area (Å²) in [6.45, 7) is 2.28. The van der Waals surface area contributed by atoms with Crippen LogP contribution in [0.2, 0.25) is 5.02 Å². The lowest BCUT2D eigenvalue weighted by molar-refractivity contribution is 1.13. The van der Waals surface area contributed by atoms with Crippen LogP contribution in [0.25, 0.3) is 0 Å². The molecule has 3 nitrogen and oxygen atoms in total. The van der Waals surface area contributed by atoms with Gasteiger partial charge in [-0.2, -0.15) is 0 Å². The number of hydrogen-bond donors (Lipinski definition) is 2. The first-order valence-corrected chi connectivity index (χ1v) is 5.13. The van der Waals surface area contributed by atoms with Gasteiger partial charge in [0.2, 0.25) is 0 Å². The molecule has 0 fully saturated rings. The highest BCUT2D eigenvalue weighted by atomic mass is 35.5. The average Bonchev–Trinajstić information content (AvgIpc) is 2.20. The number of nitrogens with two attached hydrogens (primary N) is 1. The van der Waals surface area contributed by atoms with Crippen molar-refractivity contribution >= 4 is 23.7 Å². The first-order valence-electron chi connectivity index (χ1n) is 4.75. The summed E-state index contributed by atoms with van der Waals surface area (Å²) < 4.78 is 0. The molecule has 0 saturated carbocycles. The molecule has 0 aliphatic rings. The second kappa shape index (κ2) is 5.51.